The summed E-state index contributed by atoms with van der Waals surface area (Å²) < 4.78 is 21.7. The number of phosphoric acid groups is 2. The average molecular weight is 330 g/mol. The molecule has 0 unspecified atom stereocenters. The first kappa shape index (κ1) is 61.5. The van der Waals surface area contributed by atoms with Crippen molar-refractivity contribution >= 4 is 15.6 Å². The third-order valence-electron chi connectivity index (χ3n) is 0.206. The maximum Gasteiger partial charge on any atom is 1.00 e. The standard InChI is InChI=1S/2Na.H4O7P2.6H2O/c;;1-8(2,3)7-9(4,5)6;;;;;;/h;;(H2,1,2,3)(H2,4,5,6);6*1H2/q2*+1;;;;;;;/p-2. The molecule has 0 spiro atoms. The maximum absolute atomic E-state index is 9.55. The van der Waals surface area contributed by atoms with Gasteiger partial charge in [0.05, 0.1) is 7.82 Å². The van der Waals surface area contributed by atoms with Crippen molar-refractivity contribution in [2.45, 2.75) is 0 Å². The summed E-state index contributed by atoms with van der Waals surface area (Å²) in [7, 11) is -10.7. The van der Waals surface area contributed by atoms with Gasteiger partial charge in [0.2, 0.25) is 0 Å². The first-order chi connectivity index (χ1) is 3.71. The van der Waals surface area contributed by atoms with Crippen molar-refractivity contribution in [1.29, 1.82) is 0 Å². The summed E-state index contributed by atoms with van der Waals surface area (Å²) in [5.41, 5.74) is 0. The van der Waals surface area contributed by atoms with Gasteiger partial charge in [0.25, 0.3) is 0 Å². The van der Waals surface area contributed by atoms with Crippen LogP contribution in [0.2, 0.25) is 0 Å². The second-order valence-electron chi connectivity index (χ2n) is 1.02. The molecule has 0 aliphatic carbocycles. The first-order valence-corrected chi connectivity index (χ1v) is 4.49. The normalized spacial score (nSPS) is 7.29. The predicted molar refractivity (Wildman–Crippen MR) is 42.4 cm³/mol. The van der Waals surface area contributed by atoms with Crippen LogP contribution in [0.15, 0.2) is 0 Å². The quantitative estimate of drug-likeness (QED) is 0.363. The van der Waals surface area contributed by atoms with E-state index in [9.17, 15) is 18.9 Å². The fraction of sp³-hybridized carbons (Fsp3) is 0. The Kier molecular flexibility index (Phi) is 83.7. The molecule has 14 N–H and O–H groups in total. The van der Waals surface area contributed by atoms with Gasteiger partial charge in [-0.2, -0.15) is 0 Å². The fourth-order valence-electron chi connectivity index (χ4n) is 0.130. The van der Waals surface area contributed by atoms with Gasteiger partial charge in [-0.3, -0.25) is 4.31 Å². The van der Waals surface area contributed by atoms with Crippen molar-refractivity contribution in [3.63, 3.8) is 0 Å². The van der Waals surface area contributed by atoms with Crippen molar-refractivity contribution in [2.75, 3.05) is 0 Å². The van der Waals surface area contributed by atoms with Crippen LogP contribution in [-0.4, -0.2) is 42.6 Å². The van der Waals surface area contributed by atoms with E-state index in [0.717, 1.165) is 0 Å². The van der Waals surface area contributed by atoms with Crippen LogP contribution in [0.1, 0.15) is 0 Å². The Hall–Kier alpha value is 2.02. The molecule has 0 rings (SSSR count). The van der Waals surface area contributed by atoms with Crippen LogP contribution in [0.5, 0.6) is 0 Å². The van der Waals surface area contributed by atoms with Crippen molar-refractivity contribution in [3.8, 4) is 0 Å². The van der Waals surface area contributed by atoms with E-state index in [2.05, 4.69) is 4.31 Å². The molecule has 13 nitrogen and oxygen atoms in total. The minimum atomic E-state index is -5.55. The summed E-state index contributed by atoms with van der Waals surface area (Å²) in [5, 5.41) is 0. The Morgan fingerprint density at radius 2 is 0.941 bits per heavy atom. The van der Waals surface area contributed by atoms with E-state index < -0.39 is 15.6 Å². The van der Waals surface area contributed by atoms with Crippen LogP contribution in [0.3, 0.4) is 0 Å². The smallest absolute Gasteiger partial charge is 0.789 e. The Morgan fingerprint density at radius 1 is 0.765 bits per heavy atom. The van der Waals surface area contributed by atoms with Crippen molar-refractivity contribution in [2.24, 2.45) is 0 Å². The van der Waals surface area contributed by atoms with Gasteiger partial charge >= 0.3 is 66.9 Å². The van der Waals surface area contributed by atoms with Crippen molar-refractivity contribution in [3.05, 3.63) is 0 Å². The molecule has 17 heteroatoms. The Labute approximate surface area is 139 Å². The molecule has 0 bridgehead atoms. The summed E-state index contributed by atoms with van der Waals surface area (Å²) in [6.07, 6.45) is 0. The summed E-state index contributed by atoms with van der Waals surface area (Å²) >= 11 is 0. The molecule has 0 aliphatic heterocycles. The molecule has 0 saturated heterocycles. The van der Waals surface area contributed by atoms with E-state index in [1.54, 1.807) is 0 Å². The van der Waals surface area contributed by atoms with E-state index in [1.165, 1.54) is 0 Å². The van der Waals surface area contributed by atoms with Gasteiger partial charge in [-0.05, 0) is 0 Å². The van der Waals surface area contributed by atoms with E-state index in [-0.39, 0.29) is 92.0 Å². The van der Waals surface area contributed by atoms with Gasteiger partial charge in [-0.15, -0.1) is 0 Å². The topological polar surface area (TPSA) is 319 Å². The fourth-order valence-corrected chi connectivity index (χ4v) is 1.17. The Morgan fingerprint density at radius 3 is 0.941 bits per heavy atom. The summed E-state index contributed by atoms with van der Waals surface area (Å²) in [4.78, 5) is 34.1. The molecule has 0 radical (unpaired) electrons. The van der Waals surface area contributed by atoms with E-state index in [4.69, 9.17) is 9.79 Å². The van der Waals surface area contributed by atoms with Crippen molar-refractivity contribution < 1.29 is 125 Å². The van der Waals surface area contributed by atoms with Crippen molar-refractivity contribution in [1.82, 2.24) is 0 Å². The summed E-state index contributed by atoms with van der Waals surface area (Å²) in [5.74, 6) is 0. The molecular formula is H14Na2O13P2. The monoisotopic (exact) mass is 330 g/mol. The van der Waals surface area contributed by atoms with E-state index >= 15 is 0 Å². The second-order valence-corrected chi connectivity index (χ2v) is 3.55. The van der Waals surface area contributed by atoms with Crippen LogP contribution in [0, 0.1) is 0 Å². The van der Waals surface area contributed by atoms with Crippen LogP contribution in [0.4, 0.5) is 0 Å². The molecule has 0 fully saturated rings. The molecule has 0 heterocycles. The van der Waals surface area contributed by atoms with E-state index in [0.29, 0.717) is 0 Å². The van der Waals surface area contributed by atoms with Crippen LogP contribution in [0.25, 0.3) is 0 Å². The number of hydrogen-bond acceptors (Lipinski definition) is 5. The minimum absolute atomic E-state index is 0. The zero-order valence-electron chi connectivity index (χ0n) is 8.83. The van der Waals surface area contributed by atoms with Gasteiger partial charge in [-0.1, -0.05) is 0 Å². The molecule has 0 aromatic heterocycles. The van der Waals surface area contributed by atoms with Crippen LogP contribution < -0.4 is 68.9 Å². The molecule has 17 heavy (non-hydrogen) atoms. The molecule has 104 valence electrons. The molecular weight excluding hydrogens is 316 g/mol. The van der Waals surface area contributed by atoms with Gasteiger partial charge < -0.3 is 57.0 Å². The SMILES string of the molecule is O.O.O.O.O.O.O=P([O-])([O-])OP(=O)(O)O.[Na+].[Na+]. The summed E-state index contributed by atoms with van der Waals surface area (Å²) in [6, 6.07) is 0. The van der Waals surface area contributed by atoms with E-state index in [1.807, 2.05) is 0 Å². The predicted octanol–water partition coefficient (Wildman–Crippen LogP) is -13.0. The number of rotatable bonds is 2. The zero-order chi connectivity index (χ0) is 7.71. The first-order valence-electron chi connectivity index (χ1n) is 1.50. The molecule has 0 saturated carbocycles. The molecule has 0 aromatic carbocycles. The van der Waals surface area contributed by atoms with Gasteiger partial charge in [0, 0.05) is 0 Å². The molecule has 0 atom stereocenters. The van der Waals surface area contributed by atoms with Crippen LogP contribution >= 0.6 is 15.6 Å². The molecule has 0 aromatic rings. The summed E-state index contributed by atoms with van der Waals surface area (Å²) in [6.45, 7) is 0. The Balaban J connectivity index is -0.0000000114. The third-order valence-corrected chi connectivity index (χ3v) is 1.86. The zero-order valence-corrected chi connectivity index (χ0v) is 14.6. The molecule has 0 amide bonds. The number of hydrogen-bond donors (Lipinski definition) is 2. The van der Waals surface area contributed by atoms with Gasteiger partial charge in [0.1, 0.15) is 0 Å². The largest absolute Gasteiger partial charge is 1.00 e. The average Bonchev–Trinajstić information content (AvgIpc) is 1.14. The third kappa shape index (κ3) is 71.9. The Bertz CT molecular complexity index is 158. The molecule has 0 aliphatic rings. The minimum Gasteiger partial charge on any atom is -0.789 e. The van der Waals surface area contributed by atoms with Crippen LogP contribution in [-0.2, 0) is 13.4 Å². The van der Waals surface area contributed by atoms with Gasteiger partial charge in [0.15, 0.2) is 0 Å². The second kappa shape index (κ2) is 23.1. The van der Waals surface area contributed by atoms with Gasteiger partial charge in [-0.25, -0.2) is 4.57 Å². The maximum atomic E-state index is 9.55.